The van der Waals surface area contributed by atoms with E-state index in [0.717, 1.165) is 12.0 Å². The number of carbonyl (C=O) groups is 1. The van der Waals surface area contributed by atoms with Crippen LogP contribution in [0, 0.1) is 5.82 Å². The van der Waals surface area contributed by atoms with Crippen molar-refractivity contribution in [3.63, 3.8) is 0 Å². The molecule has 1 atom stereocenters. The van der Waals surface area contributed by atoms with Gasteiger partial charge in [0.25, 0.3) is 0 Å². The molecule has 0 aromatic heterocycles. The van der Waals surface area contributed by atoms with Crippen LogP contribution in [-0.4, -0.2) is 11.4 Å². The molecule has 0 aliphatic carbocycles. The Morgan fingerprint density at radius 2 is 2.16 bits per heavy atom. The molecule has 108 valence electrons. The first-order chi connectivity index (χ1) is 8.36. The number of amides is 1. The summed E-state index contributed by atoms with van der Waals surface area (Å²) in [5, 5.41) is 2.77. The summed E-state index contributed by atoms with van der Waals surface area (Å²) in [6.07, 6.45) is 1.45. The lowest BCUT2D eigenvalue weighted by Gasteiger charge is -2.22. The third kappa shape index (κ3) is 5.35. The van der Waals surface area contributed by atoms with Gasteiger partial charge in [-0.1, -0.05) is 31.0 Å². The summed E-state index contributed by atoms with van der Waals surface area (Å²) in [4.78, 5) is 11.8. The molecule has 0 saturated carbocycles. The van der Waals surface area contributed by atoms with Crippen LogP contribution in [0.4, 0.5) is 4.39 Å². The van der Waals surface area contributed by atoms with Gasteiger partial charge >= 0.3 is 0 Å². The average molecular weight is 309 g/mol. The normalized spacial score (nSPS) is 13.3. The maximum absolute atomic E-state index is 12.9. The van der Waals surface area contributed by atoms with Crippen molar-refractivity contribution in [1.82, 2.24) is 5.32 Å². The minimum atomic E-state index is -0.876. The summed E-state index contributed by atoms with van der Waals surface area (Å²) in [6, 6.07) is 4.34. The van der Waals surface area contributed by atoms with Crippen molar-refractivity contribution < 1.29 is 9.18 Å². The zero-order chi connectivity index (χ0) is 13.8. The lowest BCUT2D eigenvalue weighted by molar-refractivity contribution is -0.126. The smallest absolute Gasteiger partial charge is 0.240 e. The topological polar surface area (TPSA) is 55.1 Å². The molecule has 3 nitrogen and oxygen atoms in total. The van der Waals surface area contributed by atoms with Crippen LogP contribution >= 0.6 is 24.0 Å². The van der Waals surface area contributed by atoms with E-state index in [1.165, 1.54) is 12.1 Å². The fourth-order valence-corrected chi connectivity index (χ4v) is 1.87. The lowest BCUT2D eigenvalue weighted by atomic mass is 9.96. The average Bonchev–Trinajstić information content (AvgIpc) is 2.30. The first-order valence-corrected chi connectivity index (χ1v) is 6.25. The molecule has 1 aromatic carbocycles. The van der Waals surface area contributed by atoms with Crippen LogP contribution in [-0.2, 0) is 11.3 Å². The Balaban J connectivity index is 0.00000324. The van der Waals surface area contributed by atoms with Gasteiger partial charge < -0.3 is 11.1 Å². The Morgan fingerprint density at radius 3 is 2.68 bits per heavy atom. The molecule has 0 radical (unpaired) electrons. The Hall–Kier alpha value is -0.840. The van der Waals surface area contributed by atoms with Crippen molar-refractivity contribution in [1.29, 1.82) is 0 Å². The molecule has 19 heavy (non-hydrogen) atoms. The Morgan fingerprint density at radius 1 is 1.53 bits per heavy atom. The SMILES string of the molecule is CCCC(C)(N)C(=O)NCc1ccc(F)c(Cl)c1.Cl. The molecular weight excluding hydrogens is 290 g/mol. The molecule has 0 aliphatic rings. The van der Waals surface area contributed by atoms with Crippen LogP contribution in [0.25, 0.3) is 0 Å². The third-order valence-corrected chi connectivity index (χ3v) is 3.01. The second-order valence-corrected chi connectivity index (χ2v) is 5.01. The van der Waals surface area contributed by atoms with Gasteiger partial charge in [0.1, 0.15) is 5.82 Å². The van der Waals surface area contributed by atoms with Gasteiger partial charge in [0, 0.05) is 6.54 Å². The van der Waals surface area contributed by atoms with Gasteiger partial charge in [-0.25, -0.2) is 4.39 Å². The van der Waals surface area contributed by atoms with Crippen molar-refractivity contribution in [3.8, 4) is 0 Å². The van der Waals surface area contributed by atoms with Crippen molar-refractivity contribution >= 4 is 29.9 Å². The van der Waals surface area contributed by atoms with E-state index in [9.17, 15) is 9.18 Å². The van der Waals surface area contributed by atoms with Crippen molar-refractivity contribution in [2.24, 2.45) is 5.73 Å². The molecule has 3 N–H and O–H groups in total. The first-order valence-electron chi connectivity index (χ1n) is 5.88. The van der Waals surface area contributed by atoms with E-state index >= 15 is 0 Å². The zero-order valence-electron chi connectivity index (χ0n) is 11.0. The molecule has 0 fully saturated rings. The Bertz CT molecular complexity index is 439. The number of rotatable bonds is 5. The number of halogens is 3. The number of nitrogens with one attached hydrogen (secondary N) is 1. The van der Waals surface area contributed by atoms with E-state index in [1.54, 1.807) is 13.0 Å². The third-order valence-electron chi connectivity index (χ3n) is 2.73. The van der Waals surface area contributed by atoms with E-state index < -0.39 is 11.4 Å². The second-order valence-electron chi connectivity index (χ2n) is 4.60. The van der Waals surface area contributed by atoms with Gasteiger partial charge in [0.2, 0.25) is 5.91 Å². The highest BCUT2D eigenvalue weighted by Gasteiger charge is 2.26. The highest BCUT2D eigenvalue weighted by molar-refractivity contribution is 6.30. The van der Waals surface area contributed by atoms with Gasteiger partial charge in [-0.2, -0.15) is 0 Å². The minimum absolute atomic E-state index is 0. The number of benzene rings is 1. The summed E-state index contributed by atoms with van der Waals surface area (Å²) in [7, 11) is 0. The van der Waals surface area contributed by atoms with E-state index in [1.807, 2.05) is 6.92 Å². The molecule has 1 rings (SSSR count). The molecular formula is C13H19Cl2FN2O. The van der Waals surface area contributed by atoms with Crippen LogP contribution in [0.3, 0.4) is 0 Å². The quantitative estimate of drug-likeness (QED) is 0.878. The second kappa shape index (κ2) is 7.68. The van der Waals surface area contributed by atoms with Gasteiger partial charge in [0.05, 0.1) is 10.6 Å². The highest BCUT2D eigenvalue weighted by Crippen LogP contribution is 2.16. The first kappa shape index (κ1) is 18.2. The van der Waals surface area contributed by atoms with E-state index in [-0.39, 0.29) is 29.9 Å². The minimum Gasteiger partial charge on any atom is -0.350 e. The number of hydrogen-bond donors (Lipinski definition) is 2. The largest absolute Gasteiger partial charge is 0.350 e. The predicted molar refractivity (Wildman–Crippen MR) is 78.0 cm³/mol. The highest BCUT2D eigenvalue weighted by atomic mass is 35.5. The molecule has 0 spiro atoms. The summed E-state index contributed by atoms with van der Waals surface area (Å²) >= 11 is 5.66. The Labute approximate surface area is 124 Å². The molecule has 0 saturated heterocycles. The molecule has 1 amide bonds. The van der Waals surface area contributed by atoms with Gasteiger partial charge in [-0.3, -0.25) is 4.79 Å². The number of carbonyl (C=O) groups excluding carboxylic acids is 1. The molecule has 0 aliphatic heterocycles. The molecule has 1 aromatic rings. The fraction of sp³-hybridized carbons (Fsp3) is 0.462. The fourth-order valence-electron chi connectivity index (χ4n) is 1.67. The molecule has 0 heterocycles. The summed E-state index contributed by atoms with van der Waals surface area (Å²) in [5.41, 5.74) is 5.75. The maximum atomic E-state index is 12.9. The molecule has 6 heteroatoms. The van der Waals surface area contributed by atoms with E-state index in [4.69, 9.17) is 17.3 Å². The standard InChI is InChI=1S/C13H18ClFN2O.ClH/c1-3-6-13(2,16)12(18)17-8-9-4-5-11(15)10(14)7-9;/h4-5,7H,3,6,8,16H2,1-2H3,(H,17,18);1H. The van der Waals surface area contributed by atoms with Crippen LogP contribution in [0.1, 0.15) is 32.3 Å². The van der Waals surface area contributed by atoms with Crippen LogP contribution in [0.15, 0.2) is 18.2 Å². The van der Waals surface area contributed by atoms with Gasteiger partial charge in [0.15, 0.2) is 0 Å². The van der Waals surface area contributed by atoms with Gasteiger partial charge in [-0.05, 0) is 31.0 Å². The van der Waals surface area contributed by atoms with Crippen LogP contribution in [0.5, 0.6) is 0 Å². The van der Waals surface area contributed by atoms with Crippen molar-refractivity contribution in [2.75, 3.05) is 0 Å². The van der Waals surface area contributed by atoms with E-state index in [0.29, 0.717) is 6.42 Å². The zero-order valence-corrected chi connectivity index (χ0v) is 12.6. The summed E-state index contributed by atoms with van der Waals surface area (Å²) < 4.78 is 12.9. The number of hydrogen-bond acceptors (Lipinski definition) is 2. The predicted octanol–water partition coefficient (Wildman–Crippen LogP) is 3.03. The molecule has 0 bridgehead atoms. The van der Waals surface area contributed by atoms with Crippen LogP contribution < -0.4 is 11.1 Å². The lowest BCUT2D eigenvalue weighted by Crippen LogP contribution is -2.51. The molecule has 1 unspecified atom stereocenters. The van der Waals surface area contributed by atoms with Crippen LogP contribution in [0.2, 0.25) is 5.02 Å². The summed E-state index contributed by atoms with van der Waals surface area (Å²) in [5.74, 6) is -0.689. The number of nitrogens with two attached hydrogens (primary N) is 1. The summed E-state index contributed by atoms with van der Waals surface area (Å²) in [6.45, 7) is 3.96. The van der Waals surface area contributed by atoms with Gasteiger partial charge in [-0.15, -0.1) is 12.4 Å². The monoisotopic (exact) mass is 308 g/mol. The van der Waals surface area contributed by atoms with Crippen molar-refractivity contribution in [2.45, 2.75) is 38.8 Å². The Kier molecular flexibility index (Phi) is 7.34. The van der Waals surface area contributed by atoms with E-state index in [2.05, 4.69) is 5.32 Å². The van der Waals surface area contributed by atoms with Crippen molar-refractivity contribution in [3.05, 3.63) is 34.6 Å². The maximum Gasteiger partial charge on any atom is 0.240 e.